The van der Waals surface area contributed by atoms with Crippen LogP contribution in [0.3, 0.4) is 0 Å². The predicted octanol–water partition coefficient (Wildman–Crippen LogP) is 4.87. The van der Waals surface area contributed by atoms with Crippen LogP contribution in [-0.4, -0.2) is 17.9 Å². The first-order chi connectivity index (χ1) is 12.8. The summed E-state index contributed by atoms with van der Waals surface area (Å²) in [5.41, 5.74) is 3.46. The summed E-state index contributed by atoms with van der Waals surface area (Å²) >= 11 is 0. The van der Waals surface area contributed by atoms with Crippen molar-refractivity contribution in [3.63, 3.8) is 0 Å². The SMILES string of the molecule is Cc1cccc(C(C)C)c1NC(=O)CC(=O)Nc1ccc(OC(C)C)cc1. The molecule has 0 heterocycles. The first-order valence-electron chi connectivity index (χ1n) is 9.22. The molecule has 0 fully saturated rings. The van der Waals surface area contributed by atoms with Gasteiger partial charge >= 0.3 is 0 Å². The van der Waals surface area contributed by atoms with Crippen molar-refractivity contribution in [2.24, 2.45) is 0 Å². The minimum atomic E-state index is -0.357. The van der Waals surface area contributed by atoms with Crippen LogP contribution in [0, 0.1) is 6.92 Å². The van der Waals surface area contributed by atoms with Crippen molar-refractivity contribution in [2.75, 3.05) is 10.6 Å². The van der Waals surface area contributed by atoms with Crippen LogP contribution >= 0.6 is 0 Å². The van der Waals surface area contributed by atoms with E-state index in [1.54, 1.807) is 24.3 Å². The van der Waals surface area contributed by atoms with Crippen molar-refractivity contribution < 1.29 is 14.3 Å². The number of amides is 2. The van der Waals surface area contributed by atoms with Gasteiger partial charge in [0.1, 0.15) is 12.2 Å². The van der Waals surface area contributed by atoms with Gasteiger partial charge in [0.25, 0.3) is 0 Å². The maximum atomic E-state index is 12.3. The number of aryl methyl sites for hydroxylation is 1. The Labute approximate surface area is 161 Å². The third kappa shape index (κ3) is 6.13. The largest absolute Gasteiger partial charge is 0.491 e. The second-order valence-corrected chi connectivity index (χ2v) is 7.16. The summed E-state index contributed by atoms with van der Waals surface area (Å²) in [6, 6.07) is 13.0. The average Bonchev–Trinajstić information content (AvgIpc) is 2.57. The normalized spacial score (nSPS) is 10.8. The van der Waals surface area contributed by atoms with Crippen LogP contribution in [0.1, 0.15) is 51.2 Å². The molecule has 27 heavy (non-hydrogen) atoms. The minimum Gasteiger partial charge on any atom is -0.491 e. The van der Waals surface area contributed by atoms with Gasteiger partial charge in [0, 0.05) is 11.4 Å². The molecule has 0 aliphatic carbocycles. The Kier molecular flexibility index (Phi) is 6.99. The monoisotopic (exact) mass is 368 g/mol. The number of benzene rings is 2. The van der Waals surface area contributed by atoms with Gasteiger partial charge < -0.3 is 15.4 Å². The number of hydrogen-bond donors (Lipinski definition) is 2. The standard InChI is InChI=1S/C22H28N2O3/c1-14(2)19-8-6-7-16(5)22(19)24-21(26)13-20(25)23-17-9-11-18(12-10-17)27-15(3)4/h6-12,14-15H,13H2,1-5H3,(H,23,25)(H,24,26). The highest BCUT2D eigenvalue weighted by atomic mass is 16.5. The molecule has 0 saturated carbocycles. The van der Waals surface area contributed by atoms with Crippen molar-refractivity contribution in [3.8, 4) is 5.75 Å². The molecule has 2 amide bonds. The Bertz CT molecular complexity index is 796. The predicted molar refractivity (Wildman–Crippen MR) is 109 cm³/mol. The molecule has 5 heteroatoms. The van der Waals surface area contributed by atoms with Crippen molar-refractivity contribution in [2.45, 2.75) is 53.1 Å². The molecule has 0 radical (unpaired) electrons. The van der Waals surface area contributed by atoms with Crippen molar-refractivity contribution in [1.82, 2.24) is 0 Å². The zero-order chi connectivity index (χ0) is 20.0. The number of hydrogen-bond acceptors (Lipinski definition) is 3. The number of nitrogens with one attached hydrogen (secondary N) is 2. The first-order valence-corrected chi connectivity index (χ1v) is 9.22. The fourth-order valence-electron chi connectivity index (χ4n) is 2.77. The zero-order valence-electron chi connectivity index (χ0n) is 16.6. The molecule has 2 rings (SSSR count). The summed E-state index contributed by atoms with van der Waals surface area (Å²) in [5.74, 6) is 0.329. The molecule has 2 aromatic carbocycles. The lowest BCUT2D eigenvalue weighted by atomic mass is 9.98. The van der Waals surface area contributed by atoms with E-state index >= 15 is 0 Å². The second-order valence-electron chi connectivity index (χ2n) is 7.16. The van der Waals surface area contributed by atoms with Gasteiger partial charge in [-0.25, -0.2) is 0 Å². The number of rotatable bonds is 7. The van der Waals surface area contributed by atoms with E-state index in [-0.39, 0.29) is 30.3 Å². The summed E-state index contributed by atoms with van der Waals surface area (Å²) in [4.78, 5) is 24.5. The van der Waals surface area contributed by atoms with Gasteiger partial charge in [0.2, 0.25) is 11.8 Å². The van der Waals surface area contributed by atoms with Crippen LogP contribution in [0.2, 0.25) is 0 Å². The molecule has 2 aromatic rings. The van der Waals surface area contributed by atoms with Crippen LogP contribution in [0.4, 0.5) is 11.4 Å². The third-order valence-electron chi connectivity index (χ3n) is 4.02. The Morgan fingerprint density at radius 2 is 1.56 bits per heavy atom. The number of carbonyl (C=O) groups excluding carboxylic acids is 2. The molecular formula is C22H28N2O3. The van der Waals surface area contributed by atoms with Crippen LogP contribution < -0.4 is 15.4 Å². The number of ether oxygens (including phenoxy) is 1. The first kappa shape index (κ1) is 20.5. The average molecular weight is 368 g/mol. The fraction of sp³-hybridized carbons (Fsp3) is 0.364. The molecule has 144 valence electrons. The molecule has 5 nitrogen and oxygen atoms in total. The van der Waals surface area contributed by atoms with Crippen LogP contribution in [-0.2, 0) is 9.59 Å². The fourth-order valence-corrected chi connectivity index (χ4v) is 2.77. The maximum absolute atomic E-state index is 12.3. The van der Waals surface area contributed by atoms with Gasteiger partial charge in [-0.15, -0.1) is 0 Å². The highest BCUT2D eigenvalue weighted by molar-refractivity contribution is 6.08. The lowest BCUT2D eigenvalue weighted by Gasteiger charge is -2.16. The van der Waals surface area contributed by atoms with Gasteiger partial charge in [-0.05, 0) is 62.1 Å². The van der Waals surface area contributed by atoms with Crippen molar-refractivity contribution in [3.05, 3.63) is 53.6 Å². The topological polar surface area (TPSA) is 67.4 Å². The van der Waals surface area contributed by atoms with Crippen LogP contribution in [0.15, 0.2) is 42.5 Å². The van der Waals surface area contributed by atoms with Gasteiger partial charge in [-0.1, -0.05) is 32.0 Å². The number of carbonyl (C=O) groups is 2. The molecule has 2 N–H and O–H groups in total. The summed E-state index contributed by atoms with van der Waals surface area (Å²) in [5, 5.41) is 5.62. The van der Waals surface area contributed by atoms with Gasteiger partial charge in [0.15, 0.2) is 0 Å². The number of anilines is 2. The molecule has 0 aromatic heterocycles. The van der Waals surface area contributed by atoms with E-state index in [0.717, 1.165) is 22.6 Å². The lowest BCUT2D eigenvalue weighted by Crippen LogP contribution is -2.22. The van der Waals surface area contributed by atoms with E-state index in [4.69, 9.17) is 4.74 Å². The van der Waals surface area contributed by atoms with E-state index in [1.165, 1.54) is 0 Å². The van der Waals surface area contributed by atoms with E-state index in [0.29, 0.717) is 5.69 Å². The maximum Gasteiger partial charge on any atom is 0.233 e. The molecular weight excluding hydrogens is 340 g/mol. The van der Waals surface area contributed by atoms with E-state index in [2.05, 4.69) is 24.5 Å². The van der Waals surface area contributed by atoms with Gasteiger partial charge in [-0.3, -0.25) is 9.59 Å². The van der Waals surface area contributed by atoms with Crippen molar-refractivity contribution in [1.29, 1.82) is 0 Å². The van der Waals surface area contributed by atoms with E-state index in [9.17, 15) is 9.59 Å². The van der Waals surface area contributed by atoms with Gasteiger partial charge in [0.05, 0.1) is 6.10 Å². The number of para-hydroxylation sites is 1. The molecule has 0 aliphatic heterocycles. The Balaban J connectivity index is 1.95. The molecule has 0 unspecified atom stereocenters. The van der Waals surface area contributed by atoms with E-state index in [1.807, 2.05) is 39.0 Å². The smallest absolute Gasteiger partial charge is 0.233 e. The zero-order valence-corrected chi connectivity index (χ0v) is 16.6. The lowest BCUT2D eigenvalue weighted by molar-refractivity contribution is -0.123. The summed E-state index contributed by atoms with van der Waals surface area (Å²) in [6.45, 7) is 10.00. The Morgan fingerprint density at radius 1 is 0.926 bits per heavy atom. The molecule has 0 atom stereocenters. The second kappa shape index (κ2) is 9.21. The Morgan fingerprint density at radius 3 is 2.15 bits per heavy atom. The molecule has 0 bridgehead atoms. The van der Waals surface area contributed by atoms with E-state index < -0.39 is 0 Å². The Hall–Kier alpha value is -2.82. The van der Waals surface area contributed by atoms with Crippen LogP contribution in [0.25, 0.3) is 0 Å². The minimum absolute atomic E-state index is 0.0892. The summed E-state index contributed by atoms with van der Waals surface area (Å²) in [6.07, 6.45) is -0.151. The molecule has 0 aliphatic rings. The van der Waals surface area contributed by atoms with Crippen LogP contribution in [0.5, 0.6) is 5.75 Å². The van der Waals surface area contributed by atoms with Crippen molar-refractivity contribution >= 4 is 23.2 Å². The highest BCUT2D eigenvalue weighted by Crippen LogP contribution is 2.27. The third-order valence-corrected chi connectivity index (χ3v) is 4.02. The molecule has 0 saturated heterocycles. The molecule has 0 spiro atoms. The summed E-state index contributed by atoms with van der Waals surface area (Å²) in [7, 11) is 0. The van der Waals surface area contributed by atoms with Gasteiger partial charge in [-0.2, -0.15) is 0 Å². The summed E-state index contributed by atoms with van der Waals surface area (Å²) < 4.78 is 5.57. The highest BCUT2D eigenvalue weighted by Gasteiger charge is 2.15. The quantitative estimate of drug-likeness (QED) is 0.685.